The molecule has 0 spiro atoms. The van der Waals surface area contributed by atoms with Crippen LogP contribution in [0.2, 0.25) is 5.02 Å². The molecule has 0 saturated heterocycles. The molecule has 4 nitrogen and oxygen atoms in total. The van der Waals surface area contributed by atoms with Crippen molar-refractivity contribution in [3.8, 4) is 0 Å². The first-order chi connectivity index (χ1) is 8.60. The predicted octanol–water partition coefficient (Wildman–Crippen LogP) is 3.04. The Hall–Kier alpha value is -1.55. The number of carbonyl (C=O) groups is 1. The zero-order valence-electron chi connectivity index (χ0n) is 10.7. The van der Waals surface area contributed by atoms with Gasteiger partial charge >= 0.3 is 5.97 Å². The van der Waals surface area contributed by atoms with Crippen molar-refractivity contribution in [2.75, 3.05) is 6.61 Å². The molecule has 18 heavy (non-hydrogen) atoms. The van der Waals surface area contributed by atoms with Crippen LogP contribution in [0, 0.1) is 6.92 Å². The van der Waals surface area contributed by atoms with E-state index in [1.165, 1.54) is 0 Å². The predicted molar refractivity (Wildman–Crippen MR) is 70.3 cm³/mol. The molecular formula is C13H15ClN2O2. The maximum absolute atomic E-state index is 12.0. The van der Waals surface area contributed by atoms with Crippen molar-refractivity contribution in [3.63, 3.8) is 0 Å². The van der Waals surface area contributed by atoms with E-state index < -0.39 is 0 Å². The van der Waals surface area contributed by atoms with Crippen molar-refractivity contribution in [1.29, 1.82) is 0 Å². The van der Waals surface area contributed by atoms with Crippen LogP contribution in [0.3, 0.4) is 0 Å². The molecule has 0 atom stereocenters. The lowest BCUT2D eigenvalue weighted by atomic mass is 10.2. The van der Waals surface area contributed by atoms with E-state index in [4.69, 9.17) is 16.3 Å². The molecule has 96 valence electrons. The molecule has 0 unspecified atom stereocenters. The van der Waals surface area contributed by atoms with E-state index in [1.807, 2.05) is 19.9 Å². The van der Waals surface area contributed by atoms with Crippen LogP contribution in [0.15, 0.2) is 12.3 Å². The highest BCUT2D eigenvalue weighted by molar-refractivity contribution is 6.34. The second-order valence-electron chi connectivity index (χ2n) is 3.99. The third kappa shape index (κ3) is 1.97. The van der Waals surface area contributed by atoms with E-state index in [2.05, 4.69) is 4.98 Å². The minimum absolute atomic E-state index is 0.342. The highest BCUT2D eigenvalue weighted by Gasteiger charge is 2.20. The Kier molecular flexibility index (Phi) is 3.57. The van der Waals surface area contributed by atoms with Gasteiger partial charge in [-0.25, -0.2) is 9.78 Å². The summed E-state index contributed by atoms with van der Waals surface area (Å²) in [6.45, 7) is 5.98. The van der Waals surface area contributed by atoms with Crippen LogP contribution < -0.4 is 0 Å². The first kappa shape index (κ1) is 12.9. The van der Waals surface area contributed by atoms with Crippen molar-refractivity contribution < 1.29 is 9.53 Å². The smallest absolute Gasteiger partial charge is 0.357 e. The van der Waals surface area contributed by atoms with Gasteiger partial charge in [-0.15, -0.1) is 0 Å². The number of aromatic nitrogens is 2. The molecule has 2 aromatic heterocycles. The Labute approximate surface area is 111 Å². The lowest BCUT2D eigenvalue weighted by molar-refractivity contribution is 0.0517. The zero-order valence-corrected chi connectivity index (χ0v) is 11.4. The summed E-state index contributed by atoms with van der Waals surface area (Å²) in [7, 11) is 0. The lowest BCUT2D eigenvalue weighted by Crippen LogP contribution is -2.10. The number of rotatable bonds is 3. The van der Waals surface area contributed by atoms with Gasteiger partial charge < -0.3 is 4.74 Å². The Morgan fingerprint density at radius 1 is 1.50 bits per heavy atom. The first-order valence-corrected chi connectivity index (χ1v) is 6.31. The number of pyridine rings is 1. The molecule has 2 aromatic rings. The molecular weight excluding hydrogens is 252 g/mol. The molecule has 0 amide bonds. The van der Waals surface area contributed by atoms with Gasteiger partial charge in [-0.3, -0.25) is 4.40 Å². The number of nitrogens with zero attached hydrogens (tertiary/aromatic N) is 2. The second-order valence-corrected chi connectivity index (χ2v) is 4.37. The SMILES string of the molecule is CCOC(=O)c1c(CC)nc2c(Cl)c(C)ccn12. The normalized spacial score (nSPS) is 10.9. The van der Waals surface area contributed by atoms with Gasteiger partial charge in [0.05, 0.1) is 17.3 Å². The summed E-state index contributed by atoms with van der Waals surface area (Å²) in [6, 6.07) is 1.86. The number of hydrogen-bond acceptors (Lipinski definition) is 3. The number of fused-ring (bicyclic) bond motifs is 1. The van der Waals surface area contributed by atoms with Crippen LogP contribution in [-0.2, 0) is 11.2 Å². The lowest BCUT2D eigenvalue weighted by Gasteiger charge is -2.04. The van der Waals surface area contributed by atoms with Gasteiger partial charge in [0.25, 0.3) is 0 Å². The van der Waals surface area contributed by atoms with E-state index in [1.54, 1.807) is 17.5 Å². The zero-order chi connectivity index (χ0) is 13.3. The number of ether oxygens (including phenoxy) is 1. The van der Waals surface area contributed by atoms with E-state index in [-0.39, 0.29) is 5.97 Å². The summed E-state index contributed by atoms with van der Waals surface area (Å²) in [5, 5.41) is 0.572. The van der Waals surface area contributed by atoms with E-state index in [0.29, 0.717) is 35.1 Å². The second kappa shape index (κ2) is 4.98. The van der Waals surface area contributed by atoms with Crippen molar-refractivity contribution in [2.45, 2.75) is 27.2 Å². The van der Waals surface area contributed by atoms with Crippen molar-refractivity contribution in [2.24, 2.45) is 0 Å². The number of halogens is 1. The van der Waals surface area contributed by atoms with Crippen LogP contribution in [-0.4, -0.2) is 22.0 Å². The summed E-state index contributed by atoms with van der Waals surface area (Å²) in [6.07, 6.45) is 2.46. The van der Waals surface area contributed by atoms with Gasteiger partial charge in [0, 0.05) is 6.20 Å². The number of hydrogen-bond donors (Lipinski definition) is 0. The van der Waals surface area contributed by atoms with Crippen molar-refractivity contribution >= 4 is 23.2 Å². The summed E-state index contributed by atoms with van der Waals surface area (Å²) in [4.78, 5) is 16.4. The molecule has 2 rings (SSSR count). The summed E-state index contributed by atoms with van der Waals surface area (Å²) >= 11 is 6.21. The van der Waals surface area contributed by atoms with Crippen molar-refractivity contribution in [1.82, 2.24) is 9.38 Å². The third-order valence-electron chi connectivity index (χ3n) is 2.80. The molecule has 0 aliphatic carbocycles. The van der Waals surface area contributed by atoms with Crippen LogP contribution >= 0.6 is 11.6 Å². The van der Waals surface area contributed by atoms with E-state index in [9.17, 15) is 4.79 Å². The van der Waals surface area contributed by atoms with E-state index >= 15 is 0 Å². The molecule has 0 bridgehead atoms. The van der Waals surface area contributed by atoms with Crippen LogP contribution in [0.5, 0.6) is 0 Å². The third-order valence-corrected chi connectivity index (χ3v) is 3.27. The molecule has 0 N–H and O–H groups in total. The first-order valence-electron chi connectivity index (χ1n) is 5.93. The van der Waals surface area contributed by atoms with Gasteiger partial charge in [0.15, 0.2) is 11.3 Å². The average Bonchev–Trinajstić information content (AvgIpc) is 2.73. The number of carbonyl (C=O) groups excluding carboxylic acids is 1. The van der Waals surface area contributed by atoms with E-state index in [0.717, 1.165) is 5.56 Å². The van der Waals surface area contributed by atoms with Gasteiger partial charge in [0.2, 0.25) is 0 Å². The Morgan fingerprint density at radius 3 is 2.83 bits per heavy atom. The minimum Gasteiger partial charge on any atom is -0.461 e. The summed E-state index contributed by atoms with van der Waals surface area (Å²) < 4.78 is 6.76. The molecule has 0 aliphatic heterocycles. The van der Waals surface area contributed by atoms with Crippen LogP contribution in [0.4, 0.5) is 0 Å². The van der Waals surface area contributed by atoms with Gasteiger partial charge in [-0.2, -0.15) is 0 Å². The summed E-state index contributed by atoms with van der Waals surface area (Å²) in [5.41, 5.74) is 2.72. The largest absolute Gasteiger partial charge is 0.461 e. The highest BCUT2D eigenvalue weighted by Crippen LogP contribution is 2.24. The quantitative estimate of drug-likeness (QED) is 0.802. The Bertz CT molecular complexity index is 605. The van der Waals surface area contributed by atoms with Crippen LogP contribution in [0.1, 0.15) is 35.6 Å². The fraction of sp³-hybridized carbons (Fsp3) is 0.385. The maximum Gasteiger partial charge on any atom is 0.357 e. The number of esters is 1. The highest BCUT2D eigenvalue weighted by atomic mass is 35.5. The number of imidazole rings is 1. The molecule has 0 radical (unpaired) electrons. The van der Waals surface area contributed by atoms with Gasteiger partial charge in [-0.05, 0) is 31.9 Å². The van der Waals surface area contributed by atoms with Crippen LogP contribution in [0.25, 0.3) is 5.65 Å². The molecule has 5 heteroatoms. The molecule has 2 heterocycles. The minimum atomic E-state index is -0.359. The Balaban J connectivity index is 2.71. The fourth-order valence-corrected chi connectivity index (χ4v) is 2.07. The Morgan fingerprint density at radius 2 is 2.22 bits per heavy atom. The molecule has 0 aromatic carbocycles. The van der Waals surface area contributed by atoms with Crippen molar-refractivity contribution in [3.05, 3.63) is 34.2 Å². The standard InChI is InChI=1S/C13H15ClN2O2/c1-4-9-11(13(17)18-5-2)16-7-6-8(3)10(14)12(16)15-9/h6-7H,4-5H2,1-3H3. The van der Waals surface area contributed by atoms with Gasteiger partial charge in [0.1, 0.15) is 0 Å². The average molecular weight is 267 g/mol. The topological polar surface area (TPSA) is 43.6 Å². The molecule has 0 fully saturated rings. The number of aryl methyl sites for hydroxylation is 2. The maximum atomic E-state index is 12.0. The van der Waals surface area contributed by atoms with Gasteiger partial charge in [-0.1, -0.05) is 18.5 Å². The molecule has 0 aliphatic rings. The summed E-state index contributed by atoms with van der Waals surface area (Å²) in [5.74, 6) is -0.359. The molecule has 0 saturated carbocycles. The monoisotopic (exact) mass is 266 g/mol. The fourth-order valence-electron chi connectivity index (χ4n) is 1.88.